The third-order valence-corrected chi connectivity index (χ3v) is 10.2. The van der Waals surface area contributed by atoms with Crippen molar-refractivity contribution in [1.82, 2.24) is 10.2 Å². The number of halogens is 4. The van der Waals surface area contributed by atoms with Gasteiger partial charge in [0.05, 0.1) is 10.6 Å². The lowest BCUT2D eigenvalue weighted by molar-refractivity contribution is -0.140. The molecule has 4 aromatic carbocycles. The highest BCUT2D eigenvalue weighted by Crippen LogP contribution is 2.31. The first-order valence-corrected chi connectivity index (χ1v) is 17.5. The van der Waals surface area contributed by atoms with Crippen molar-refractivity contribution < 1.29 is 18.0 Å². The van der Waals surface area contributed by atoms with E-state index in [-0.39, 0.29) is 45.5 Å². The second-order valence-electron chi connectivity index (χ2n) is 10.7. The van der Waals surface area contributed by atoms with Crippen molar-refractivity contribution in [2.45, 2.75) is 50.2 Å². The van der Waals surface area contributed by atoms with Gasteiger partial charge in [-0.05, 0) is 66.9 Å². The number of amides is 2. The summed E-state index contributed by atoms with van der Waals surface area (Å²) in [5.74, 6) is -1.04. The number of nitrogens with one attached hydrogen (secondary N) is 1. The van der Waals surface area contributed by atoms with Crippen molar-refractivity contribution in [3.05, 3.63) is 128 Å². The average molecular weight is 722 g/mol. The zero-order chi connectivity index (χ0) is 33.4. The van der Waals surface area contributed by atoms with Crippen LogP contribution in [0.15, 0.2) is 102 Å². The largest absolute Gasteiger partial charge is 0.352 e. The van der Waals surface area contributed by atoms with Crippen molar-refractivity contribution in [2.24, 2.45) is 0 Å². The van der Waals surface area contributed by atoms with Gasteiger partial charge in [-0.2, -0.15) is 0 Å². The Kier molecular flexibility index (Phi) is 12.4. The Morgan fingerprint density at radius 3 is 2.00 bits per heavy atom. The number of nitrogens with zero attached hydrogens (tertiary/aromatic N) is 2. The molecule has 4 rings (SSSR count). The molecule has 12 heteroatoms. The van der Waals surface area contributed by atoms with E-state index in [4.69, 9.17) is 46.4 Å². The predicted molar refractivity (Wildman–Crippen MR) is 186 cm³/mol. The van der Waals surface area contributed by atoms with Crippen molar-refractivity contribution in [2.75, 3.05) is 10.8 Å². The van der Waals surface area contributed by atoms with E-state index in [1.54, 1.807) is 36.4 Å². The highest BCUT2D eigenvalue weighted by Gasteiger charge is 2.35. The summed E-state index contributed by atoms with van der Waals surface area (Å²) in [4.78, 5) is 29.8. The van der Waals surface area contributed by atoms with Gasteiger partial charge in [-0.1, -0.05) is 108 Å². The highest BCUT2D eigenvalue weighted by molar-refractivity contribution is 7.92. The summed E-state index contributed by atoms with van der Waals surface area (Å²) in [6.45, 7) is 3.05. The molecule has 0 bridgehead atoms. The molecule has 0 heterocycles. The van der Waals surface area contributed by atoms with Crippen LogP contribution in [0.25, 0.3) is 0 Å². The van der Waals surface area contributed by atoms with Crippen LogP contribution in [0.2, 0.25) is 20.1 Å². The third kappa shape index (κ3) is 9.17. The predicted octanol–water partition coefficient (Wildman–Crippen LogP) is 8.05. The molecule has 0 radical (unpaired) electrons. The molecule has 46 heavy (non-hydrogen) atoms. The van der Waals surface area contributed by atoms with Crippen molar-refractivity contribution in [3.63, 3.8) is 0 Å². The lowest BCUT2D eigenvalue weighted by atomic mass is 10.0. The van der Waals surface area contributed by atoms with Gasteiger partial charge in [-0.3, -0.25) is 13.9 Å². The molecular weight excluding hydrogens is 688 g/mol. The van der Waals surface area contributed by atoms with Gasteiger partial charge >= 0.3 is 0 Å². The van der Waals surface area contributed by atoms with Gasteiger partial charge in [0.1, 0.15) is 12.6 Å². The lowest BCUT2D eigenvalue weighted by Crippen LogP contribution is -2.54. The molecule has 7 nitrogen and oxygen atoms in total. The molecule has 0 aliphatic carbocycles. The number of hydrogen-bond acceptors (Lipinski definition) is 4. The quantitative estimate of drug-likeness (QED) is 0.152. The maximum Gasteiger partial charge on any atom is 0.264 e. The normalized spacial score (nSPS) is 12.7. The monoisotopic (exact) mass is 719 g/mol. The minimum Gasteiger partial charge on any atom is -0.352 e. The number of carbonyl (C=O) groups excluding carboxylic acids is 2. The minimum absolute atomic E-state index is 0.0402. The van der Waals surface area contributed by atoms with Crippen molar-refractivity contribution in [1.29, 1.82) is 0 Å². The van der Waals surface area contributed by atoms with Gasteiger partial charge in [0.25, 0.3) is 10.0 Å². The molecule has 0 aliphatic rings. The van der Waals surface area contributed by atoms with Crippen LogP contribution in [0, 0.1) is 0 Å². The molecule has 0 aliphatic heterocycles. The Hall–Kier alpha value is -3.27. The first-order chi connectivity index (χ1) is 21.9. The molecule has 2 amide bonds. The zero-order valence-electron chi connectivity index (χ0n) is 25.2. The van der Waals surface area contributed by atoms with Crippen LogP contribution in [-0.4, -0.2) is 43.8 Å². The smallest absolute Gasteiger partial charge is 0.264 e. The SMILES string of the molecule is CC[C@H](C)NC(=O)[C@@H](Cc1ccccc1)N(Cc1ccc(Cl)cc1Cl)C(=O)CN(c1cc(Cl)cc(Cl)c1)S(=O)(=O)c1ccccc1. The summed E-state index contributed by atoms with van der Waals surface area (Å²) in [6.07, 6.45) is 0.827. The van der Waals surface area contributed by atoms with E-state index in [9.17, 15) is 18.0 Å². The van der Waals surface area contributed by atoms with Gasteiger partial charge in [-0.25, -0.2) is 8.42 Å². The van der Waals surface area contributed by atoms with Crippen LogP contribution >= 0.6 is 46.4 Å². The van der Waals surface area contributed by atoms with Crippen LogP contribution in [0.4, 0.5) is 5.69 Å². The second-order valence-corrected chi connectivity index (χ2v) is 14.3. The van der Waals surface area contributed by atoms with E-state index >= 15 is 0 Å². The molecule has 2 atom stereocenters. The topological polar surface area (TPSA) is 86.8 Å². The Morgan fingerprint density at radius 2 is 1.41 bits per heavy atom. The van der Waals surface area contributed by atoms with E-state index < -0.39 is 28.5 Å². The third-order valence-electron chi connectivity index (χ3n) is 7.37. The standard InChI is InChI=1S/C34H33Cl4N3O4S/c1-3-23(2)39-34(43)32(16-24-10-6-4-7-11-24)40(21-25-14-15-26(35)20-31(25)38)33(42)22-41(29-18-27(36)17-28(37)19-29)46(44,45)30-12-8-5-9-13-30/h4-15,17-20,23,32H,3,16,21-22H2,1-2H3,(H,39,43)/t23-,32+/m0/s1. The molecular formula is C34H33Cl4N3O4S. The van der Waals surface area contributed by atoms with Crippen LogP contribution in [-0.2, 0) is 32.6 Å². The molecule has 1 N–H and O–H groups in total. The second kappa shape index (κ2) is 16.0. The maximum absolute atomic E-state index is 14.6. The molecule has 0 aromatic heterocycles. The number of sulfonamides is 1. The summed E-state index contributed by atoms with van der Waals surface area (Å²) in [5, 5.41) is 4.06. The van der Waals surface area contributed by atoms with Crippen LogP contribution in [0.5, 0.6) is 0 Å². The molecule has 0 saturated heterocycles. The van der Waals surface area contributed by atoms with Crippen LogP contribution < -0.4 is 9.62 Å². The summed E-state index contributed by atoms with van der Waals surface area (Å²) < 4.78 is 29.1. The molecule has 0 saturated carbocycles. The fourth-order valence-corrected chi connectivity index (χ4v) is 7.16. The Bertz CT molecular complexity index is 1760. The van der Waals surface area contributed by atoms with E-state index in [2.05, 4.69) is 5.32 Å². The summed E-state index contributed by atoms with van der Waals surface area (Å²) in [5.41, 5.74) is 1.42. The molecule has 0 fully saturated rings. The van der Waals surface area contributed by atoms with Crippen molar-refractivity contribution >= 4 is 73.9 Å². The van der Waals surface area contributed by atoms with Crippen molar-refractivity contribution in [3.8, 4) is 0 Å². The number of anilines is 1. The Morgan fingerprint density at radius 1 is 0.804 bits per heavy atom. The van der Waals surface area contributed by atoms with Gasteiger partial charge in [0, 0.05) is 39.1 Å². The van der Waals surface area contributed by atoms with E-state index in [1.807, 2.05) is 44.2 Å². The van der Waals surface area contributed by atoms with E-state index in [0.29, 0.717) is 22.0 Å². The minimum atomic E-state index is -4.31. The Labute approximate surface area is 290 Å². The fraction of sp³-hybridized carbons (Fsp3) is 0.235. The molecule has 0 spiro atoms. The zero-order valence-corrected chi connectivity index (χ0v) is 29.0. The fourth-order valence-electron chi connectivity index (χ4n) is 4.76. The number of benzene rings is 4. The molecule has 242 valence electrons. The van der Waals surface area contributed by atoms with Gasteiger partial charge in [0.15, 0.2) is 0 Å². The van der Waals surface area contributed by atoms with Crippen LogP contribution in [0.1, 0.15) is 31.4 Å². The summed E-state index contributed by atoms with van der Waals surface area (Å²) >= 11 is 25.3. The summed E-state index contributed by atoms with van der Waals surface area (Å²) in [7, 11) is -4.31. The number of carbonyl (C=O) groups is 2. The molecule has 4 aromatic rings. The Balaban J connectivity index is 1.85. The number of hydrogen-bond donors (Lipinski definition) is 1. The highest BCUT2D eigenvalue weighted by atomic mass is 35.5. The maximum atomic E-state index is 14.6. The summed E-state index contributed by atoms with van der Waals surface area (Å²) in [6, 6.07) is 24.9. The average Bonchev–Trinajstić information content (AvgIpc) is 3.02. The van der Waals surface area contributed by atoms with Gasteiger partial charge < -0.3 is 10.2 Å². The number of rotatable bonds is 13. The van der Waals surface area contributed by atoms with Gasteiger partial charge in [-0.15, -0.1) is 0 Å². The first-order valence-electron chi connectivity index (χ1n) is 14.5. The molecule has 0 unspecified atom stereocenters. The first kappa shape index (κ1) is 35.6. The van der Waals surface area contributed by atoms with E-state index in [1.165, 1.54) is 35.2 Å². The lowest BCUT2D eigenvalue weighted by Gasteiger charge is -2.34. The van der Waals surface area contributed by atoms with E-state index in [0.717, 1.165) is 9.87 Å². The van der Waals surface area contributed by atoms with Crippen LogP contribution in [0.3, 0.4) is 0 Å². The van der Waals surface area contributed by atoms with Gasteiger partial charge in [0.2, 0.25) is 11.8 Å².